The van der Waals surface area contributed by atoms with E-state index < -0.39 is 53.2 Å². The number of nitrogens with zero attached hydrogens (tertiary/aromatic N) is 4. The van der Waals surface area contributed by atoms with Crippen molar-refractivity contribution < 1.29 is 34.3 Å². The molecule has 0 bridgehead atoms. The van der Waals surface area contributed by atoms with Gasteiger partial charge in [0, 0.05) is 36.8 Å². The Bertz CT molecular complexity index is 1540. The molecular formula is C28H38N6O9. The number of rotatable bonds is 11. The van der Waals surface area contributed by atoms with Crippen molar-refractivity contribution >= 4 is 5.97 Å². The molecular weight excluding hydrogens is 564 g/mol. The Hall–Kier alpha value is -4.05. The van der Waals surface area contributed by atoms with Gasteiger partial charge in [0.2, 0.25) is 0 Å². The number of aromatic amines is 1. The molecule has 1 fully saturated rings. The van der Waals surface area contributed by atoms with Gasteiger partial charge in [0.1, 0.15) is 17.9 Å². The third-order valence-corrected chi connectivity index (χ3v) is 7.07. The van der Waals surface area contributed by atoms with Gasteiger partial charge in [-0.25, -0.2) is 9.48 Å². The van der Waals surface area contributed by atoms with Crippen molar-refractivity contribution in [1.29, 1.82) is 0 Å². The van der Waals surface area contributed by atoms with E-state index in [1.165, 1.54) is 34.7 Å². The van der Waals surface area contributed by atoms with E-state index in [9.17, 15) is 29.7 Å². The third-order valence-electron chi connectivity index (χ3n) is 7.07. The van der Waals surface area contributed by atoms with Crippen molar-refractivity contribution in [2.24, 2.45) is 5.92 Å². The average molecular weight is 603 g/mol. The molecule has 3 aromatic rings. The van der Waals surface area contributed by atoms with Gasteiger partial charge in [-0.1, -0.05) is 17.3 Å². The summed E-state index contributed by atoms with van der Waals surface area (Å²) in [6.07, 6.45) is 0.517. The number of aryl methyl sites for hydroxylation is 1. The number of aromatic nitrogens is 5. The van der Waals surface area contributed by atoms with Crippen molar-refractivity contribution in [3.63, 3.8) is 0 Å². The molecule has 0 saturated carbocycles. The quantitative estimate of drug-likeness (QED) is 0.190. The molecule has 15 heteroatoms. The first-order chi connectivity index (χ1) is 20.3. The minimum Gasteiger partial charge on any atom is -0.504 e. The first-order valence-electron chi connectivity index (χ1n) is 13.8. The predicted molar refractivity (Wildman–Crippen MR) is 151 cm³/mol. The number of carbonyl (C=O) groups excluding carboxylic acids is 1. The summed E-state index contributed by atoms with van der Waals surface area (Å²) in [5, 5.41) is 43.1. The molecule has 15 nitrogen and oxygen atoms in total. The molecule has 1 aliphatic heterocycles. The van der Waals surface area contributed by atoms with Crippen molar-refractivity contribution in [1.82, 2.24) is 29.9 Å². The number of carbonyl (C=O) groups is 1. The van der Waals surface area contributed by atoms with E-state index in [0.717, 1.165) is 0 Å². The molecule has 2 unspecified atom stereocenters. The number of aliphatic hydroxyl groups excluding tert-OH is 2. The summed E-state index contributed by atoms with van der Waals surface area (Å²) in [7, 11) is 1.39. The Morgan fingerprint density at radius 3 is 2.70 bits per heavy atom. The summed E-state index contributed by atoms with van der Waals surface area (Å²) in [5.74, 6) is -1.87. The molecule has 234 valence electrons. The highest BCUT2D eigenvalue weighted by Gasteiger charge is 2.39. The Kier molecular flexibility index (Phi) is 9.69. The van der Waals surface area contributed by atoms with Crippen molar-refractivity contribution in [3.8, 4) is 11.5 Å². The molecule has 4 rings (SSSR count). The summed E-state index contributed by atoms with van der Waals surface area (Å²) in [6, 6.07) is 4.18. The fourth-order valence-corrected chi connectivity index (χ4v) is 4.90. The number of phenols is 1. The third kappa shape index (κ3) is 7.30. The van der Waals surface area contributed by atoms with Crippen molar-refractivity contribution in [2.75, 3.05) is 20.3 Å². The zero-order valence-electron chi connectivity index (χ0n) is 24.7. The van der Waals surface area contributed by atoms with Crippen LogP contribution in [0.1, 0.15) is 62.4 Å². The van der Waals surface area contributed by atoms with Crippen LogP contribution >= 0.6 is 0 Å². The zero-order valence-corrected chi connectivity index (χ0v) is 24.7. The van der Waals surface area contributed by atoms with Gasteiger partial charge < -0.3 is 34.8 Å². The lowest BCUT2D eigenvalue weighted by Crippen LogP contribution is -2.37. The number of aliphatic hydroxyl groups is 2. The molecule has 43 heavy (non-hydrogen) atoms. The van der Waals surface area contributed by atoms with E-state index in [1.54, 1.807) is 40.0 Å². The minimum atomic E-state index is -1.41. The van der Waals surface area contributed by atoms with Crippen molar-refractivity contribution in [3.05, 3.63) is 68.3 Å². The molecule has 0 radical (unpaired) electrons. The van der Waals surface area contributed by atoms with Gasteiger partial charge >= 0.3 is 11.7 Å². The number of hydrogen-bond donors (Lipinski definition) is 5. The molecule has 2 aromatic heterocycles. The Labute approximate surface area is 247 Å². The summed E-state index contributed by atoms with van der Waals surface area (Å²) < 4.78 is 19.4. The van der Waals surface area contributed by atoms with E-state index in [2.05, 4.69) is 20.6 Å². The van der Waals surface area contributed by atoms with Crippen LogP contribution in [0.15, 0.2) is 40.2 Å². The predicted octanol–water partition coefficient (Wildman–Crippen LogP) is 0.453. The van der Waals surface area contributed by atoms with Crippen LogP contribution in [-0.4, -0.2) is 77.8 Å². The highest BCUT2D eigenvalue weighted by atomic mass is 16.6. The molecule has 1 aromatic carbocycles. The molecule has 5 atom stereocenters. The smallest absolute Gasteiger partial charge is 0.330 e. The molecule has 0 aliphatic carbocycles. The van der Waals surface area contributed by atoms with E-state index in [-0.39, 0.29) is 43.2 Å². The lowest BCUT2D eigenvalue weighted by molar-refractivity contribution is -0.164. The largest absolute Gasteiger partial charge is 0.504 e. The maximum absolute atomic E-state index is 13.1. The second-order valence-corrected chi connectivity index (χ2v) is 11.4. The van der Waals surface area contributed by atoms with E-state index in [1.807, 2.05) is 0 Å². The normalized spacial score (nSPS) is 20.1. The van der Waals surface area contributed by atoms with Crippen LogP contribution in [0.4, 0.5) is 0 Å². The molecule has 3 heterocycles. The number of benzene rings is 1. The molecule has 0 spiro atoms. The number of phenolic OH excluding ortho intramolecular Hbond substituents is 1. The highest BCUT2D eigenvalue weighted by molar-refractivity contribution is 5.74. The van der Waals surface area contributed by atoms with Gasteiger partial charge in [0.25, 0.3) is 5.56 Å². The molecule has 0 amide bonds. The van der Waals surface area contributed by atoms with Crippen LogP contribution in [0.5, 0.6) is 11.5 Å². The van der Waals surface area contributed by atoms with Gasteiger partial charge in [-0.05, 0) is 33.8 Å². The Morgan fingerprint density at radius 2 is 2.02 bits per heavy atom. The highest BCUT2D eigenvalue weighted by Crippen LogP contribution is 2.37. The van der Waals surface area contributed by atoms with Crippen LogP contribution in [-0.2, 0) is 20.8 Å². The summed E-state index contributed by atoms with van der Waals surface area (Å²) >= 11 is 0. The number of hydrogen-bond acceptors (Lipinski definition) is 12. The summed E-state index contributed by atoms with van der Waals surface area (Å²) in [6.45, 7) is 6.53. The number of nitrogens with one attached hydrogen (secondary N) is 2. The second-order valence-electron chi connectivity index (χ2n) is 11.4. The number of aromatic hydroxyl groups is 1. The topological polar surface area (TPSA) is 203 Å². The molecule has 1 aliphatic rings. The fourth-order valence-electron chi connectivity index (χ4n) is 4.90. The first-order valence-corrected chi connectivity index (χ1v) is 13.8. The number of H-pyrrole nitrogens is 1. The standard InChI is InChI=1S/C28H38N6O9/c1-15-12-33(27(40)30-25(15)38)22-9-19(21(14-35)42-22)34-13-16(31-32-34)10-29-11-18(26(39)43-28(2,3)4)23(36)17-7-6-8-20(41-5)24(17)37/h6-8,12-13,18-19,21-23,29,35-37H,9-11,14H2,1-5H3,(H,30,38,40)/t18?,19-,21+,22+,23?/m0/s1. The average Bonchev–Trinajstić information content (AvgIpc) is 3.59. The van der Waals surface area contributed by atoms with Crippen LogP contribution in [0.2, 0.25) is 0 Å². The second kappa shape index (κ2) is 13.1. The zero-order chi connectivity index (χ0) is 31.5. The Balaban J connectivity index is 1.46. The van der Waals surface area contributed by atoms with Gasteiger partial charge in [0.05, 0.1) is 43.7 Å². The van der Waals surface area contributed by atoms with Crippen LogP contribution in [0.3, 0.4) is 0 Å². The Morgan fingerprint density at radius 1 is 1.28 bits per heavy atom. The number of ether oxygens (including phenoxy) is 3. The van der Waals surface area contributed by atoms with Gasteiger partial charge in [-0.3, -0.25) is 19.1 Å². The number of esters is 1. The summed E-state index contributed by atoms with van der Waals surface area (Å²) in [4.78, 5) is 39.5. The lowest BCUT2D eigenvalue weighted by Gasteiger charge is -2.27. The number of para-hydroxylation sites is 1. The van der Waals surface area contributed by atoms with E-state index in [4.69, 9.17) is 14.2 Å². The van der Waals surface area contributed by atoms with Crippen molar-refractivity contribution in [2.45, 2.75) is 70.7 Å². The van der Waals surface area contributed by atoms with Crippen LogP contribution in [0.25, 0.3) is 0 Å². The summed E-state index contributed by atoms with van der Waals surface area (Å²) in [5.41, 5.74) is -0.949. The maximum Gasteiger partial charge on any atom is 0.330 e. The van der Waals surface area contributed by atoms with Gasteiger partial charge in [-0.2, -0.15) is 0 Å². The molecule has 5 N–H and O–H groups in total. The van der Waals surface area contributed by atoms with Crippen LogP contribution < -0.4 is 21.3 Å². The number of methoxy groups -OCH3 is 1. The van der Waals surface area contributed by atoms with Gasteiger partial charge in [-0.15, -0.1) is 5.10 Å². The fraction of sp³-hybridized carbons (Fsp3) is 0.536. The van der Waals surface area contributed by atoms with Gasteiger partial charge in [0.15, 0.2) is 11.5 Å². The minimum absolute atomic E-state index is 0.0258. The molecule has 1 saturated heterocycles. The lowest BCUT2D eigenvalue weighted by atomic mass is 9.94. The first kappa shape index (κ1) is 31.9. The monoisotopic (exact) mass is 602 g/mol. The van der Waals surface area contributed by atoms with Crippen LogP contribution in [0, 0.1) is 12.8 Å². The SMILES string of the molecule is COc1cccc(C(O)C(CNCc2cn([C@H]3C[C@H](n4cc(C)c(=O)[nH]c4=O)O[C@@H]3CO)nn2)C(=O)OC(C)(C)C)c1O. The maximum atomic E-state index is 13.1. The van der Waals surface area contributed by atoms with E-state index in [0.29, 0.717) is 11.3 Å². The van der Waals surface area contributed by atoms with E-state index >= 15 is 0 Å².